The number of methoxy groups -OCH3 is 1. The molecule has 0 saturated carbocycles. The van der Waals surface area contributed by atoms with E-state index in [1.54, 1.807) is 7.11 Å². The molecule has 0 aromatic heterocycles. The summed E-state index contributed by atoms with van der Waals surface area (Å²) in [6.07, 6.45) is 0. The van der Waals surface area contributed by atoms with Crippen LogP contribution in [-0.2, 0) is 4.74 Å². The zero-order valence-corrected chi connectivity index (χ0v) is 11.8. The number of ketones is 1. The minimum Gasteiger partial charge on any atom is -0.383 e. The third kappa shape index (κ3) is 4.24. The molecule has 1 aromatic carbocycles. The largest absolute Gasteiger partial charge is 0.383 e. The number of carbonyl (C=O) groups excluding carboxylic acids is 1. The summed E-state index contributed by atoms with van der Waals surface area (Å²) < 4.78 is 5.05. The van der Waals surface area contributed by atoms with Gasteiger partial charge in [-0.15, -0.1) is 0 Å². The summed E-state index contributed by atoms with van der Waals surface area (Å²) >= 11 is 0. The lowest BCUT2D eigenvalue weighted by Crippen LogP contribution is -2.38. The first-order valence-corrected chi connectivity index (χ1v) is 6.24. The molecular formula is C15H23NO2. The van der Waals surface area contributed by atoms with Gasteiger partial charge >= 0.3 is 0 Å². The van der Waals surface area contributed by atoms with E-state index in [9.17, 15) is 4.79 Å². The Hall–Kier alpha value is -1.19. The summed E-state index contributed by atoms with van der Waals surface area (Å²) in [5, 5.41) is 0. The average molecular weight is 249 g/mol. The predicted molar refractivity (Wildman–Crippen MR) is 73.9 cm³/mol. The first-order chi connectivity index (χ1) is 8.47. The van der Waals surface area contributed by atoms with Gasteiger partial charge in [0.05, 0.1) is 6.61 Å². The van der Waals surface area contributed by atoms with Crippen LogP contribution in [0.25, 0.3) is 0 Å². The number of hydrogen-bond donors (Lipinski definition) is 0. The summed E-state index contributed by atoms with van der Waals surface area (Å²) in [5.41, 5.74) is 0.395. The molecule has 1 rings (SSSR count). The maximum absolute atomic E-state index is 12.4. The SMILES string of the molecule is COCCN(C)CC(C)(C)C(=O)c1ccccc1. The smallest absolute Gasteiger partial charge is 0.169 e. The molecule has 0 aliphatic rings. The van der Waals surface area contributed by atoms with Crippen LogP contribution >= 0.6 is 0 Å². The quantitative estimate of drug-likeness (QED) is 0.695. The van der Waals surface area contributed by atoms with E-state index in [0.717, 1.165) is 18.7 Å². The van der Waals surface area contributed by atoms with Crippen LogP contribution in [0, 0.1) is 5.41 Å². The van der Waals surface area contributed by atoms with Gasteiger partial charge in [-0.3, -0.25) is 4.79 Å². The molecule has 0 fully saturated rings. The van der Waals surface area contributed by atoms with E-state index in [-0.39, 0.29) is 11.2 Å². The Kier molecular flexibility index (Phi) is 5.51. The van der Waals surface area contributed by atoms with Crippen molar-refractivity contribution in [1.82, 2.24) is 4.90 Å². The molecule has 0 radical (unpaired) electrons. The summed E-state index contributed by atoms with van der Waals surface area (Å²) in [6.45, 7) is 6.23. The number of carbonyl (C=O) groups is 1. The normalized spacial score (nSPS) is 11.8. The highest BCUT2D eigenvalue weighted by Gasteiger charge is 2.29. The number of nitrogens with zero attached hydrogens (tertiary/aromatic N) is 1. The monoisotopic (exact) mass is 249 g/mol. The Morgan fingerprint density at radius 2 is 1.89 bits per heavy atom. The summed E-state index contributed by atoms with van der Waals surface area (Å²) in [7, 11) is 3.70. The highest BCUT2D eigenvalue weighted by molar-refractivity contribution is 6.00. The van der Waals surface area contributed by atoms with Gasteiger partial charge in [0.2, 0.25) is 0 Å². The predicted octanol–water partition coefficient (Wildman–Crippen LogP) is 2.47. The Balaban J connectivity index is 2.65. The maximum atomic E-state index is 12.4. The van der Waals surface area contributed by atoms with Gasteiger partial charge in [-0.1, -0.05) is 44.2 Å². The van der Waals surface area contributed by atoms with E-state index in [0.29, 0.717) is 6.61 Å². The Bertz CT molecular complexity index is 373. The molecule has 3 heteroatoms. The molecule has 0 spiro atoms. The molecule has 0 aliphatic heterocycles. The van der Waals surface area contributed by atoms with Crippen LogP contribution in [0.5, 0.6) is 0 Å². The maximum Gasteiger partial charge on any atom is 0.169 e. The Labute approximate surface area is 110 Å². The van der Waals surface area contributed by atoms with Gasteiger partial charge in [0.1, 0.15) is 0 Å². The molecule has 0 atom stereocenters. The van der Waals surface area contributed by atoms with Crippen LogP contribution in [0.1, 0.15) is 24.2 Å². The van der Waals surface area contributed by atoms with Crippen LogP contribution in [0.2, 0.25) is 0 Å². The van der Waals surface area contributed by atoms with Crippen molar-refractivity contribution >= 4 is 5.78 Å². The zero-order valence-electron chi connectivity index (χ0n) is 11.8. The topological polar surface area (TPSA) is 29.5 Å². The van der Waals surface area contributed by atoms with E-state index in [1.807, 2.05) is 51.2 Å². The van der Waals surface area contributed by atoms with E-state index < -0.39 is 0 Å². The van der Waals surface area contributed by atoms with E-state index >= 15 is 0 Å². The average Bonchev–Trinajstić information content (AvgIpc) is 2.36. The standard InChI is InChI=1S/C15H23NO2/c1-15(2,12-16(3)10-11-18-4)14(17)13-8-6-5-7-9-13/h5-9H,10-12H2,1-4H3. The first kappa shape index (κ1) is 14.9. The van der Waals surface area contributed by atoms with Crippen LogP contribution in [-0.4, -0.2) is 44.5 Å². The van der Waals surface area contributed by atoms with Crippen molar-refractivity contribution in [2.75, 3.05) is 33.9 Å². The summed E-state index contributed by atoms with van der Waals surface area (Å²) in [5.74, 6) is 0.187. The molecule has 0 heterocycles. The Morgan fingerprint density at radius 3 is 2.44 bits per heavy atom. The minimum absolute atomic E-state index is 0.187. The fourth-order valence-corrected chi connectivity index (χ4v) is 2.05. The lowest BCUT2D eigenvalue weighted by molar-refractivity contribution is 0.0756. The summed E-state index contributed by atoms with van der Waals surface area (Å²) in [4.78, 5) is 14.5. The highest BCUT2D eigenvalue weighted by atomic mass is 16.5. The first-order valence-electron chi connectivity index (χ1n) is 6.24. The van der Waals surface area contributed by atoms with E-state index in [4.69, 9.17) is 4.74 Å². The lowest BCUT2D eigenvalue weighted by atomic mass is 9.84. The van der Waals surface area contributed by atoms with E-state index in [1.165, 1.54) is 0 Å². The molecule has 0 saturated heterocycles. The van der Waals surface area contributed by atoms with Crippen LogP contribution in [0.3, 0.4) is 0 Å². The van der Waals surface area contributed by atoms with Crippen molar-refractivity contribution in [1.29, 1.82) is 0 Å². The highest BCUT2D eigenvalue weighted by Crippen LogP contribution is 2.22. The van der Waals surface area contributed by atoms with Gasteiger partial charge in [-0.2, -0.15) is 0 Å². The van der Waals surface area contributed by atoms with E-state index in [2.05, 4.69) is 4.90 Å². The minimum atomic E-state index is -0.385. The number of Topliss-reactive ketones (excluding diaryl/α,β-unsaturated/α-hetero) is 1. The van der Waals surface area contributed by atoms with Crippen molar-refractivity contribution < 1.29 is 9.53 Å². The third-order valence-corrected chi connectivity index (χ3v) is 2.99. The van der Waals surface area contributed by atoms with Gasteiger partial charge in [-0.05, 0) is 7.05 Å². The van der Waals surface area contributed by atoms with Crippen LogP contribution in [0.4, 0.5) is 0 Å². The molecule has 1 aromatic rings. The van der Waals surface area contributed by atoms with Crippen LogP contribution in [0.15, 0.2) is 30.3 Å². The molecule has 100 valence electrons. The third-order valence-electron chi connectivity index (χ3n) is 2.99. The van der Waals surface area contributed by atoms with Gasteiger partial charge < -0.3 is 9.64 Å². The lowest BCUT2D eigenvalue weighted by Gasteiger charge is -2.29. The zero-order chi connectivity index (χ0) is 13.6. The van der Waals surface area contributed by atoms with Gasteiger partial charge in [0.25, 0.3) is 0 Å². The van der Waals surface area contributed by atoms with Crippen LogP contribution < -0.4 is 0 Å². The summed E-state index contributed by atoms with van der Waals surface area (Å²) in [6, 6.07) is 9.48. The molecule has 3 nitrogen and oxygen atoms in total. The molecule has 0 unspecified atom stereocenters. The molecule has 0 bridgehead atoms. The molecular weight excluding hydrogens is 226 g/mol. The second kappa shape index (κ2) is 6.66. The van der Waals surface area contributed by atoms with Gasteiger partial charge in [0.15, 0.2) is 5.78 Å². The molecule has 0 aliphatic carbocycles. The van der Waals surface area contributed by atoms with Crippen molar-refractivity contribution in [2.24, 2.45) is 5.41 Å². The number of benzene rings is 1. The van der Waals surface area contributed by atoms with Crippen molar-refractivity contribution in [3.05, 3.63) is 35.9 Å². The number of hydrogen-bond acceptors (Lipinski definition) is 3. The molecule has 18 heavy (non-hydrogen) atoms. The number of likely N-dealkylation sites (N-methyl/N-ethyl adjacent to an activating group) is 1. The molecule has 0 N–H and O–H groups in total. The number of rotatable bonds is 7. The van der Waals surface area contributed by atoms with Crippen molar-refractivity contribution in [3.8, 4) is 0 Å². The van der Waals surface area contributed by atoms with Crippen molar-refractivity contribution in [3.63, 3.8) is 0 Å². The second-order valence-corrected chi connectivity index (χ2v) is 5.31. The second-order valence-electron chi connectivity index (χ2n) is 5.31. The number of ether oxygens (including phenoxy) is 1. The van der Waals surface area contributed by atoms with Gasteiger partial charge in [-0.25, -0.2) is 0 Å². The van der Waals surface area contributed by atoms with Gasteiger partial charge in [0, 0.05) is 31.2 Å². The fourth-order valence-electron chi connectivity index (χ4n) is 2.05. The molecule has 0 amide bonds. The fraction of sp³-hybridized carbons (Fsp3) is 0.533. The Morgan fingerprint density at radius 1 is 1.28 bits per heavy atom. The van der Waals surface area contributed by atoms with Crippen molar-refractivity contribution in [2.45, 2.75) is 13.8 Å².